The van der Waals surface area contributed by atoms with Gasteiger partial charge in [-0.15, -0.1) is 69.6 Å². The van der Waals surface area contributed by atoms with Crippen LogP contribution in [-0.2, 0) is 69.6 Å². The summed E-state index contributed by atoms with van der Waals surface area (Å²) in [4.78, 5) is 55.4. The molecule has 0 aliphatic carbocycles. The number of aliphatic carboxylic acids is 6. The van der Waals surface area contributed by atoms with Gasteiger partial charge in [-0.25, -0.2) is 0 Å². The Morgan fingerprint density at radius 2 is 0.375 bits per heavy atom. The monoisotopic (exact) mass is 938 g/mol. The number of hydrogen-bond donors (Lipinski definition) is 6. The van der Waals surface area contributed by atoms with Crippen molar-refractivity contribution in [1.82, 2.24) is 0 Å². The van der Waals surface area contributed by atoms with Crippen molar-refractivity contribution in [2.75, 3.05) is 35.3 Å². The van der Waals surface area contributed by atoms with E-state index in [1.165, 1.54) is 0 Å². The average molecular weight is 939 g/mol. The Labute approximate surface area is 239 Å². The first-order chi connectivity index (χ1) is 13.6. The third kappa shape index (κ3) is 177. The van der Waals surface area contributed by atoms with Crippen molar-refractivity contribution in [1.29, 1.82) is 0 Å². The predicted molar refractivity (Wildman–Crippen MR) is 110 cm³/mol. The topological polar surface area (TPSA) is 224 Å². The van der Waals surface area contributed by atoms with E-state index in [2.05, 4.69) is 0 Å². The summed E-state index contributed by atoms with van der Waals surface area (Å²) in [6, 6.07) is 0. The molecular weight excluding hydrogens is 921 g/mol. The van der Waals surface area contributed by atoms with Gasteiger partial charge in [0.15, 0.2) is 0 Å². The van der Waals surface area contributed by atoms with Crippen molar-refractivity contribution in [3.05, 3.63) is 0 Å². The summed E-state index contributed by atoms with van der Waals surface area (Å²) in [5.74, 6) is -7.71. The zero-order valence-electron chi connectivity index (χ0n) is 15.4. The maximum Gasteiger partial charge on any atom is 0.318 e. The molecule has 0 atom stereocenters. The second-order valence-electron chi connectivity index (χ2n) is 3.16. The Balaban J connectivity index is -0.0000000356. The van der Waals surface area contributed by atoms with Gasteiger partial charge in [0.1, 0.15) is 35.3 Å². The molecule has 0 aromatic rings. The summed E-state index contributed by atoms with van der Waals surface area (Å²) >= 11 is 28.4. The molecule has 0 saturated carbocycles. The standard InChI is InChI=1S/6C2H3ClO2.2Re/c6*3-1-2(4)5;;/h6*1H2,(H,4,5);;. The third-order valence-electron chi connectivity index (χ3n) is 0.686. The molecule has 0 aliphatic heterocycles. The molecule has 0 aromatic heterocycles. The second kappa shape index (κ2) is 48.4. The minimum absolute atomic E-state index is 0. The molecule has 32 heavy (non-hydrogen) atoms. The molecule has 0 saturated heterocycles. The summed E-state index contributed by atoms with van der Waals surface area (Å²) in [5.41, 5.74) is 0. The van der Waals surface area contributed by atoms with Crippen LogP contribution in [0.3, 0.4) is 0 Å². The second-order valence-corrected chi connectivity index (χ2v) is 4.77. The van der Waals surface area contributed by atoms with E-state index in [-0.39, 0.29) is 76.1 Å². The van der Waals surface area contributed by atoms with Gasteiger partial charge in [-0.3, -0.25) is 28.8 Å². The number of rotatable bonds is 6. The van der Waals surface area contributed by atoms with Gasteiger partial charge in [-0.2, -0.15) is 0 Å². The minimum Gasteiger partial charge on any atom is -0.480 e. The minimum atomic E-state index is -0.980. The van der Waals surface area contributed by atoms with Crippen molar-refractivity contribution in [3.8, 4) is 0 Å². The number of halogens is 6. The molecule has 194 valence electrons. The van der Waals surface area contributed by atoms with Crippen LogP contribution in [0.4, 0.5) is 0 Å². The Morgan fingerprint density at radius 1 is 0.344 bits per heavy atom. The summed E-state index contributed by atoms with van der Waals surface area (Å²) in [5, 5.41) is 45.5. The van der Waals surface area contributed by atoms with Gasteiger partial charge in [-0.1, -0.05) is 0 Å². The zero-order chi connectivity index (χ0) is 25.7. The van der Waals surface area contributed by atoms with Crippen LogP contribution >= 0.6 is 69.6 Å². The van der Waals surface area contributed by atoms with E-state index >= 15 is 0 Å². The first-order valence-corrected chi connectivity index (χ1v) is 9.50. The molecule has 0 aromatic carbocycles. The van der Waals surface area contributed by atoms with Gasteiger partial charge < -0.3 is 30.6 Å². The number of carboxylic acids is 6. The fourth-order valence-corrected chi connectivity index (χ4v) is 0. The molecule has 20 heteroatoms. The van der Waals surface area contributed by atoms with Crippen LogP contribution in [0.5, 0.6) is 0 Å². The van der Waals surface area contributed by atoms with Crippen LogP contribution < -0.4 is 0 Å². The molecule has 0 heterocycles. The Hall–Kier alpha value is -0.115. The largest absolute Gasteiger partial charge is 0.480 e. The van der Waals surface area contributed by atoms with Crippen molar-refractivity contribution >= 4 is 105 Å². The van der Waals surface area contributed by atoms with Gasteiger partial charge in [-0.05, 0) is 0 Å². The van der Waals surface area contributed by atoms with Crippen LogP contribution in [0.25, 0.3) is 0 Å². The van der Waals surface area contributed by atoms with Gasteiger partial charge in [0.05, 0.1) is 0 Å². The molecule has 0 rings (SSSR count). The number of carboxylic acid groups (broad SMARTS) is 6. The van der Waals surface area contributed by atoms with Gasteiger partial charge in [0.2, 0.25) is 0 Å². The van der Waals surface area contributed by atoms with Gasteiger partial charge >= 0.3 is 35.8 Å². The quantitative estimate of drug-likeness (QED) is 0.210. The van der Waals surface area contributed by atoms with E-state index in [1.807, 2.05) is 0 Å². The SMILES string of the molecule is O=C(O)CCl.O=C(O)CCl.O=C(O)CCl.O=C(O)CCl.O=C(O)CCl.O=C(O)CCl.[Re].[Re]. The normalized spacial score (nSPS) is 6.94. The summed E-state index contributed by atoms with van der Waals surface area (Å²) in [6.45, 7) is 0. The molecule has 0 bridgehead atoms. The zero-order valence-corrected chi connectivity index (χ0v) is 25.4. The van der Waals surface area contributed by atoms with Crippen molar-refractivity contribution in [2.24, 2.45) is 0 Å². The first-order valence-electron chi connectivity index (χ1n) is 6.29. The van der Waals surface area contributed by atoms with Gasteiger partial charge in [0, 0.05) is 40.8 Å². The summed E-state index contributed by atoms with van der Waals surface area (Å²) in [6.07, 6.45) is 0. The van der Waals surface area contributed by atoms with Crippen molar-refractivity contribution in [3.63, 3.8) is 0 Å². The molecule has 0 spiro atoms. The van der Waals surface area contributed by atoms with Crippen LogP contribution in [0.2, 0.25) is 0 Å². The number of carbonyl (C=O) groups is 6. The van der Waals surface area contributed by atoms with E-state index in [1.54, 1.807) is 0 Å². The van der Waals surface area contributed by atoms with Crippen LogP contribution in [0.1, 0.15) is 0 Å². The van der Waals surface area contributed by atoms with E-state index in [9.17, 15) is 28.8 Å². The molecule has 6 N–H and O–H groups in total. The van der Waals surface area contributed by atoms with Crippen LogP contribution in [0.15, 0.2) is 0 Å². The molecule has 0 amide bonds. The predicted octanol–water partition coefficient (Wildman–Crippen LogP) is 1.85. The first kappa shape index (κ1) is 53.3. The maximum absolute atomic E-state index is 9.24. The molecule has 12 nitrogen and oxygen atoms in total. The molecular formula is C12H18Cl6O12Re2. The van der Waals surface area contributed by atoms with E-state index < -0.39 is 35.8 Å². The van der Waals surface area contributed by atoms with Crippen LogP contribution in [0, 0.1) is 0 Å². The molecule has 0 unspecified atom stereocenters. The summed E-state index contributed by atoms with van der Waals surface area (Å²) < 4.78 is 0. The average Bonchev–Trinajstić information content (AvgIpc) is 2.69. The smallest absolute Gasteiger partial charge is 0.318 e. The fraction of sp³-hybridized carbons (Fsp3) is 0.500. The third-order valence-corrected chi connectivity index (χ3v) is 2.06. The Morgan fingerprint density at radius 3 is 0.375 bits per heavy atom. The van der Waals surface area contributed by atoms with E-state index in [0.29, 0.717) is 0 Å². The summed E-state index contributed by atoms with van der Waals surface area (Å²) in [7, 11) is 0. The van der Waals surface area contributed by atoms with E-state index in [0.717, 1.165) is 0 Å². The Kier molecular flexibility index (Phi) is 80.6. The molecule has 0 fully saturated rings. The van der Waals surface area contributed by atoms with Crippen LogP contribution in [-0.4, -0.2) is 102 Å². The number of alkyl halides is 6. The van der Waals surface area contributed by atoms with E-state index in [4.69, 9.17) is 100 Å². The number of hydrogen-bond acceptors (Lipinski definition) is 6. The maximum atomic E-state index is 9.24. The van der Waals surface area contributed by atoms with Gasteiger partial charge in [0.25, 0.3) is 0 Å². The Bertz CT molecular complexity index is 377. The van der Waals surface area contributed by atoms with Crippen molar-refractivity contribution in [2.45, 2.75) is 0 Å². The van der Waals surface area contributed by atoms with Crippen molar-refractivity contribution < 1.29 is 100 Å². The fourth-order valence-electron chi connectivity index (χ4n) is 0. The molecule has 0 aliphatic rings. The molecule has 2 radical (unpaired) electrons.